The Morgan fingerprint density at radius 1 is 1.04 bits per heavy atom. The molecule has 26 heavy (non-hydrogen) atoms. The lowest BCUT2D eigenvalue weighted by Gasteiger charge is -2.13. The summed E-state index contributed by atoms with van der Waals surface area (Å²) in [7, 11) is 2.67. The lowest BCUT2D eigenvalue weighted by Crippen LogP contribution is -2.20. The lowest BCUT2D eigenvalue weighted by molar-refractivity contribution is -0.118. The van der Waals surface area contributed by atoms with Crippen LogP contribution in [-0.4, -0.2) is 32.7 Å². The molecule has 6 nitrogen and oxygen atoms in total. The smallest absolute Gasteiger partial charge is 0.341 e. The predicted octanol–water partition coefficient (Wildman–Crippen LogP) is 3.77. The molecule has 2 rings (SSSR count). The van der Waals surface area contributed by atoms with Crippen molar-refractivity contribution < 1.29 is 23.8 Å². The molecule has 0 aromatic heterocycles. The topological polar surface area (TPSA) is 73.9 Å². The first kappa shape index (κ1) is 19.6. The number of ether oxygens (including phenoxy) is 3. The van der Waals surface area contributed by atoms with E-state index in [2.05, 4.69) is 10.1 Å². The minimum Gasteiger partial charge on any atom is -0.496 e. The summed E-state index contributed by atoms with van der Waals surface area (Å²) < 4.78 is 15.4. The first-order valence-electron chi connectivity index (χ1n) is 7.81. The Labute approximate surface area is 157 Å². The maximum Gasteiger partial charge on any atom is 0.341 e. The van der Waals surface area contributed by atoms with Crippen molar-refractivity contribution in [2.45, 2.75) is 13.8 Å². The van der Waals surface area contributed by atoms with E-state index >= 15 is 0 Å². The molecule has 0 unspecified atom stereocenters. The van der Waals surface area contributed by atoms with E-state index in [0.717, 1.165) is 11.1 Å². The van der Waals surface area contributed by atoms with Crippen molar-refractivity contribution in [3.05, 3.63) is 52.0 Å². The van der Waals surface area contributed by atoms with Gasteiger partial charge in [0, 0.05) is 6.07 Å². The Balaban J connectivity index is 2.09. The van der Waals surface area contributed by atoms with Crippen LogP contribution in [0.4, 0.5) is 5.69 Å². The molecule has 0 aliphatic rings. The molecule has 1 amide bonds. The Hall–Kier alpha value is -2.73. The predicted molar refractivity (Wildman–Crippen MR) is 99.4 cm³/mol. The molecule has 0 atom stereocenters. The van der Waals surface area contributed by atoms with Crippen LogP contribution in [0.3, 0.4) is 0 Å². The van der Waals surface area contributed by atoms with E-state index in [1.807, 2.05) is 32.0 Å². The maximum atomic E-state index is 12.2. The molecule has 0 fully saturated rings. The lowest BCUT2D eigenvalue weighted by atomic mass is 10.1. The SMILES string of the molecule is COC(=O)c1cc(Cl)c(NC(=O)COc2cc(C)cc(C)c2)cc1OC. The third-order valence-electron chi connectivity index (χ3n) is 3.53. The van der Waals surface area contributed by atoms with Crippen LogP contribution in [-0.2, 0) is 9.53 Å². The van der Waals surface area contributed by atoms with Gasteiger partial charge in [-0.25, -0.2) is 4.79 Å². The zero-order valence-corrected chi connectivity index (χ0v) is 15.8. The molecule has 0 spiro atoms. The number of carbonyl (C=O) groups excluding carboxylic acids is 2. The Bertz CT molecular complexity index is 815. The summed E-state index contributed by atoms with van der Waals surface area (Å²) in [5, 5.41) is 2.83. The van der Waals surface area contributed by atoms with Crippen molar-refractivity contribution in [2.75, 3.05) is 26.1 Å². The van der Waals surface area contributed by atoms with Crippen molar-refractivity contribution in [3.8, 4) is 11.5 Å². The number of rotatable bonds is 6. The maximum absolute atomic E-state index is 12.2. The summed E-state index contributed by atoms with van der Waals surface area (Å²) in [6.45, 7) is 3.73. The second-order valence-electron chi connectivity index (χ2n) is 5.68. The first-order valence-corrected chi connectivity index (χ1v) is 8.18. The summed E-state index contributed by atoms with van der Waals surface area (Å²) in [5.74, 6) is -0.118. The van der Waals surface area contributed by atoms with Crippen LogP contribution >= 0.6 is 11.6 Å². The largest absolute Gasteiger partial charge is 0.496 e. The summed E-state index contributed by atoms with van der Waals surface area (Å²) in [6, 6.07) is 8.56. The van der Waals surface area contributed by atoms with Crippen LogP contribution in [0.1, 0.15) is 21.5 Å². The van der Waals surface area contributed by atoms with Crippen LogP contribution in [0.5, 0.6) is 11.5 Å². The normalized spacial score (nSPS) is 10.2. The fourth-order valence-electron chi connectivity index (χ4n) is 2.44. The minimum atomic E-state index is -0.584. The number of benzene rings is 2. The molecule has 0 saturated heterocycles. The van der Waals surface area contributed by atoms with E-state index in [0.29, 0.717) is 11.4 Å². The minimum absolute atomic E-state index is 0.171. The number of aryl methyl sites for hydroxylation is 2. The van der Waals surface area contributed by atoms with Crippen molar-refractivity contribution in [2.24, 2.45) is 0 Å². The van der Waals surface area contributed by atoms with Crippen molar-refractivity contribution in [3.63, 3.8) is 0 Å². The van der Waals surface area contributed by atoms with E-state index in [1.54, 1.807) is 0 Å². The highest BCUT2D eigenvalue weighted by Gasteiger charge is 2.17. The third kappa shape index (κ3) is 4.89. The van der Waals surface area contributed by atoms with Crippen LogP contribution in [0.15, 0.2) is 30.3 Å². The van der Waals surface area contributed by atoms with Gasteiger partial charge in [0.25, 0.3) is 5.91 Å². The fraction of sp³-hybridized carbons (Fsp3) is 0.263. The average Bonchev–Trinajstić information content (AvgIpc) is 2.59. The Kier molecular flexibility index (Phi) is 6.46. The molecule has 0 bridgehead atoms. The quantitative estimate of drug-likeness (QED) is 0.776. The van der Waals surface area contributed by atoms with E-state index in [9.17, 15) is 9.59 Å². The first-order chi connectivity index (χ1) is 12.3. The van der Waals surface area contributed by atoms with Gasteiger partial charge in [-0.15, -0.1) is 0 Å². The number of hydrogen-bond donors (Lipinski definition) is 1. The fourth-order valence-corrected chi connectivity index (χ4v) is 2.65. The monoisotopic (exact) mass is 377 g/mol. The summed E-state index contributed by atoms with van der Waals surface area (Å²) in [4.78, 5) is 23.9. The van der Waals surface area contributed by atoms with Crippen molar-refractivity contribution >= 4 is 29.2 Å². The number of carbonyl (C=O) groups is 2. The number of nitrogens with one attached hydrogen (secondary N) is 1. The highest BCUT2D eigenvalue weighted by Crippen LogP contribution is 2.31. The summed E-state index contributed by atoms with van der Waals surface area (Å²) in [5.41, 5.74) is 2.58. The van der Waals surface area contributed by atoms with Crippen molar-refractivity contribution in [1.29, 1.82) is 0 Å². The Morgan fingerprint density at radius 3 is 2.27 bits per heavy atom. The van der Waals surface area contributed by atoms with E-state index in [1.165, 1.54) is 26.4 Å². The van der Waals surface area contributed by atoms with Crippen LogP contribution in [0.2, 0.25) is 5.02 Å². The second-order valence-corrected chi connectivity index (χ2v) is 6.09. The number of halogens is 1. The molecule has 0 radical (unpaired) electrons. The molecule has 138 valence electrons. The molecular formula is C19H20ClNO5. The molecule has 7 heteroatoms. The molecule has 0 aliphatic heterocycles. The molecule has 0 saturated carbocycles. The molecular weight excluding hydrogens is 358 g/mol. The standard InChI is InChI=1S/C19H20ClNO5/c1-11-5-12(2)7-13(6-11)26-10-18(22)21-16-9-17(24-3)14(8-15(16)20)19(23)25-4/h5-9H,10H2,1-4H3,(H,21,22). The molecule has 0 heterocycles. The van der Waals surface area contributed by atoms with Gasteiger partial charge in [0.05, 0.1) is 24.9 Å². The number of amides is 1. The number of hydrogen-bond acceptors (Lipinski definition) is 5. The van der Waals surface area contributed by atoms with E-state index in [4.69, 9.17) is 21.1 Å². The van der Waals surface area contributed by atoms with Crippen LogP contribution in [0.25, 0.3) is 0 Å². The van der Waals surface area contributed by atoms with Gasteiger partial charge >= 0.3 is 5.97 Å². The van der Waals surface area contributed by atoms with Crippen LogP contribution in [0, 0.1) is 13.8 Å². The van der Waals surface area contributed by atoms with E-state index < -0.39 is 5.97 Å². The van der Waals surface area contributed by atoms with Gasteiger partial charge < -0.3 is 19.5 Å². The van der Waals surface area contributed by atoms with Gasteiger partial charge in [-0.2, -0.15) is 0 Å². The van der Waals surface area contributed by atoms with Gasteiger partial charge in [-0.1, -0.05) is 17.7 Å². The molecule has 1 N–H and O–H groups in total. The highest BCUT2D eigenvalue weighted by molar-refractivity contribution is 6.34. The third-order valence-corrected chi connectivity index (χ3v) is 3.85. The van der Waals surface area contributed by atoms with Gasteiger partial charge in [0.15, 0.2) is 6.61 Å². The number of anilines is 1. The van der Waals surface area contributed by atoms with Gasteiger partial charge in [0.2, 0.25) is 0 Å². The van der Waals surface area contributed by atoms with Gasteiger partial charge in [-0.05, 0) is 43.2 Å². The van der Waals surface area contributed by atoms with Crippen LogP contribution < -0.4 is 14.8 Å². The summed E-state index contributed by atoms with van der Waals surface area (Å²) in [6.07, 6.45) is 0. The number of methoxy groups -OCH3 is 2. The second kappa shape index (κ2) is 8.58. The van der Waals surface area contributed by atoms with Crippen molar-refractivity contribution in [1.82, 2.24) is 0 Å². The zero-order valence-electron chi connectivity index (χ0n) is 15.0. The van der Waals surface area contributed by atoms with Gasteiger partial charge in [0.1, 0.15) is 17.1 Å². The van der Waals surface area contributed by atoms with Gasteiger partial charge in [-0.3, -0.25) is 4.79 Å². The number of esters is 1. The molecule has 2 aromatic rings. The Morgan fingerprint density at radius 2 is 1.69 bits per heavy atom. The molecule has 0 aliphatic carbocycles. The zero-order chi connectivity index (χ0) is 19.3. The average molecular weight is 378 g/mol. The molecule has 2 aromatic carbocycles. The van der Waals surface area contributed by atoms with E-state index in [-0.39, 0.29) is 28.8 Å². The summed E-state index contributed by atoms with van der Waals surface area (Å²) >= 11 is 6.14. The highest BCUT2D eigenvalue weighted by atomic mass is 35.5.